The second-order valence-electron chi connectivity index (χ2n) is 4.67. The lowest BCUT2D eigenvalue weighted by Crippen LogP contribution is -2.02. The Labute approximate surface area is 124 Å². The van der Waals surface area contributed by atoms with Gasteiger partial charge >= 0.3 is 0 Å². The van der Waals surface area contributed by atoms with Crippen molar-refractivity contribution in [3.63, 3.8) is 0 Å². The summed E-state index contributed by atoms with van der Waals surface area (Å²) in [7, 11) is 0. The van der Waals surface area contributed by atoms with Gasteiger partial charge < -0.3 is 10.5 Å². The molecule has 0 aliphatic carbocycles. The fourth-order valence-corrected chi connectivity index (χ4v) is 1.97. The van der Waals surface area contributed by atoms with Crippen molar-refractivity contribution >= 4 is 0 Å². The van der Waals surface area contributed by atoms with E-state index in [-0.39, 0.29) is 18.5 Å². The molecule has 21 heavy (non-hydrogen) atoms. The fourth-order valence-electron chi connectivity index (χ4n) is 1.97. The number of ether oxygens (including phenoxy) is 1. The average molecular weight is 283 g/mol. The smallest absolute Gasteiger partial charge is 0.124 e. The van der Waals surface area contributed by atoms with Gasteiger partial charge in [-0.05, 0) is 30.2 Å². The molecule has 2 N–H and O–H groups in total. The molecule has 1 atom stereocenters. The third-order valence-corrected chi connectivity index (χ3v) is 3.15. The maximum Gasteiger partial charge on any atom is 0.124 e. The Morgan fingerprint density at radius 1 is 1.19 bits per heavy atom. The van der Waals surface area contributed by atoms with Crippen molar-refractivity contribution in [2.24, 2.45) is 5.73 Å². The lowest BCUT2D eigenvalue weighted by Gasteiger charge is -2.14. The summed E-state index contributed by atoms with van der Waals surface area (Å²) in [6, 6.07) is 14.5. The first-order valence-electron chi connectivity index (χ1n) is 6.84. The van der Waals surface area contributed by atoms with Crippen molar-refractivity contribution in [1.82, 2.24) is 0 Å². The molecular formula is C18H18FNO. The predicted octanol–water partition coefficient (Wildman–Crippen LogP) is 3.41. The zero-order valence-corrected chi connectivity index (χ0v) is 12.0. The molecule has 0 aliphatic rings. The quantitative estimate of drug-likeness (QED) is 0.873. The highest BCUT2D eigenvalue weighted by Crippen LogP contribution is 2.19. The maximum atomic E-state index is 13.3. The molecule has 0 saturated carbocycles. The van der Waals surface area contributed by atoms with E-state index in [2.05, 4.69) is 11.8 Å². The van der Waals surface area contributed by atoms with E-state index in [1.807, 2.05) is 37.3 Å². The lowest BCUT2D eigenvalue weighted by molar-refractivity contribution is 0.0524. The molecule has 0 aromatic heterocycles. The summed E-state index contributed by atoms with van der Waals surface area (Å²) in [6.45, 7) is 2.62. The van der Waals surface area contributed by atoms with E-state index in [9.17, 15) is 4.39 Å². The van der Waals surface area contributed by atoms with Gasteiger partial charge in [0.05, 0.1) is 19.3 Å². The van der Waals surface area contributed by atoms with E-state index < -0.39 is 0 Å². The highest BCUT2D eigenvalue weighted by molar-refractivity contribution is 5.41. The minimum Gasteiger partial charge on any atom is -0.369 e. The first kappa shape index (κ1) is 15.2. The van der Waals surface area contributed by atoms with Gasteiger partial charge in [0.2, 0.25) is 0 Å². The molecule has 2 nitrogen and oxygen atoms in total. The van der Waals surface area contributed by atoms with Gasteiger partial charge in [-0.15, -0.1) is 0 Å². The van der Waals surface area contributed by atoms with Crippen LogP contribution in [-0.4, -0.2) is 6.54 Å². The molecule has 0 bridgehead atoms. The Kier molecular flexibility index (Phi) is 5.51. The van der Waals surface area contributed by atoms with Gasteiger partial charge in [-0.2, -0.15) is 0 Å². The number of rotatable bonds is 4. The minimum absolute atomic E-state index is 0.0356. The van der Waals surface area contributed by atoms with E-state index in [1.165, 1.54) is 12.1 Å². The van der Waals surface area contributed by atoms with Crippen LogP contribution in [0.2, 0.25) is 0 Å². The predicted molar refractivity (Wildman–Crippen MR) is 82.0 cm³/mol. The molecule has 0 saturated heterocycles. The largest absolute Gasteiger partial charge is 0.369 e. The van der Waals surface area contributed by atoms with Crippen LogP contribution < -0.4 is 5.73 Å². The molecule has 0 heterocycles. The maximum absolute atomic E-state index is 13.3. The Morgan fingerprint density at radius 2 is 1.95 bits per heavy atom. The van der Waals surface area contributed by atoms with E-state index in [1.54, 1.807) is 6.07 Å². The molecule has 0 spiro atoms. The van der Waals surface area contributed by atoms with E-state index in [0.717, 1.165) is 11.1 Å². The van der Waals surface area contributed by atoms with E-state index in [4.69, 9.17) is 10.5 Å². The van der Waals surface area contributed by atoms with Crippen molar-refractivity contribution in [3.05, 3.63) is 71.0 Å². The van der Waals surface area contributed by atoms with Crippen LogP contribution in [0.4, 0.5) is 4.39 Å². The van der Waals surface area contributed by atoms with Crippen molar-refractivity contribution < 1.29 is 9.13 Å². The van der Waals surface area contributed by atoms with Gasteiger partial charge in [-0.1, -0.05) is 48.2 Å². The molecule has 2 aromatic carbocycles. The van der Waals surface area contributed by atoms with Crippen LogP contribution in [0.3, 0.4) is 0 Å². The Bertz CT molecular complexity index is 643. The van der Waals surface area contributed by atoms with Crippen LogP contribution in [0.5, 0.6) is 0 Å². The zero-order valence-electron chi connectivity index (χ0n) is 12.0. The average Bonchev–Trinajstić information content (AvgIpc) is 2.52. The molecule has 0 aliphatic heterocycles. The topological polar surface area (TPSA) is 35.2 Å². The van der Waals surface area contributed by atoms with Gasteiger partial charge in [0.25, 0.3) is 0 Å². The number of hydrogen-bond acceptors (Lipinski definition) is 2. The SMILES string of the molecule is CC(OCc1ccc(F)cc1C#CCN)c1ccccc1. The molecule has 108 valence electrons. The van der Waals surface area contributed by atoms with Gasteiger partial charge in [-0.25, -0.2) is 4.39 Å². The second kappa shape index (κ2) is 7.58. The number of halogens is 1. The van der Waals surface area contributed by atoms with Gasteiger partial charge in [0, 0.05) is 5.56 Å². The summed E-state index contributed by atoms with van der Waals surface area (Å²) >= 11 is 0. The number of nitrogens with two attached hydrogens (primary N) is 1. The van der Waals surface area contributed by atoms with Crippen molar-refractivity contribution in [2.45, 2.75) is 19.6 Å². The monoisotopic (exact) mass is 283 g/mol. The highest BCUT2D eigenvalue weighted by Gasteiger charge is 2.08. The third kappa shape index (κ3) is 4.42. The molecule has 2 rings (SSSR count). The van der Waals surface area contributed by atoms with Crippen LogP contribution in [0.15, 0.2) is 48.5 Å². The number of hydrogen-bond donors (Lipinski definition) is 1. The van der Waals surface area contributed by atoms with Crippen LogP contribution in [0.1, 0.15) is 29.7 Å². The Hall–Kier alpha value is -2.15. The van der Waals surface area contributed by atoms with Gasteiger partial charge in [-0.3, -0.25) is 0 Å². The summed E-state index contributed by atoms with van der Waals surface area (Å²) in [6.07, 6.45) is -0.0356. The van der Waals surface area contributed by atoms with Gasteiger partial charge in [0.1, 0.15) is 5.82 Å². The molecule has 2 aromatic rings. The zero-order chi connectivity index (χ0) is 15.1. The second-order valence-corrected chi connectivity index (χ2v) is 4.67. The van der Waals surface area contributed by atoms with Crippen molar-refractivity contribution in [2.75, 3.05) is 6.54 Å². The Balaban J connectivity index is 2.09. The molecule has 0 amide bonds. The standard InChI is InChI=1S/C18H18FNO/c1-14(15-6-3-2-4-7-15)21-13-17-9-10-18(19)12-16(17)8-5-11-20/h2-4,6-7,9-10,12,14H,11,13,20H2,1H3. The van der Waals surface area contributed by atoms with E-state index in [0.29, 0.717) is 12.2 Å². The minimum atomic E-state index is -0.309. The Morgan fingerprint density at radius 3 is 2.67 bits per heavy atom. The number of benzene rings is 2. The first-order chi connectivity index (χ1) is 10.2. The highest BCUT2D eigenvalue weighted by atomic mass is 19.1. The molecule has 0 fully saturated rings. The summed E-state index contributed by atoms with van der Waals surface area (Å²) < 4.78 is 19.2. The normalized spacial score (nSPS) is 11.6. The van der Waals surface area contributed by atoms with Crippen LogP contribution >= 0.6 is 0 Å². The van der Waals surface area contributed by atoms with Crippen LogP contribution in [0.25, 0.3) is 0 Å². The van der Waals surface area contributed by atoms with Crippen molar-refractivity contribution in [3.8, 4) is 11.8 Å². The molecule has 0 radical (unpaired) electrons. The summed E-state index contributed by atoms with van der Waals surface area (Å²) in [5.41, 5.74) is 7.96. The fraction of sp³-hybridized carbons (Fsp3) is 0.222. The van der Waals surface area contributed by atoms with E-state index >= 15 is 0 Å². The molecule has 1 unspecified atom stereocenters. The summed E-state index contributed by atoms with van der Waals surface area (Å²) in [5, 5.41) is 0. The van der Waals surface area contributed by atoms with Crippen LogP contribution in [0, 0.1) is 17.7 Å². The van der Waals surface area contributed by atoms with Gasteiger partial charge in [0.15, 0.2) is 0 Å². The third-order valence-electron chi connectivity index (χ3n) is 3.15. The molecular weight excluding hydrogens is 265 g/mol. The summed E-state index contributed by atoms with van der Waals surface area (Å²) in [5.74, 6) is 5.32. The summed E-state index contributed by atoms with van der Waals surface area (Å²) in [4.78, 5) is 0. The lowest BCUT2D eigenvalue weighted by atomic mass is 10.1. The van der Waals surface area contributed by atoms with Crippen molar-refractivity contribution in [1.29, 1.82) is 0 Å². The first-order valence-corrected chi connectivity index (χ1v) is 6.84. The molecule has 3 heteroatoms. The van der Waals surface area contributed by atoms with Crippen LogP contribution in [-0.2, 0) is 11.3 Å².